The third-order valence-corrected chi connectivity index (χ3v) is 3.74. The molecule has 1 aliphatic rings. The summed E-state index contributed by atoms with van der Waals surface area (Å²) in [5.41, 5.74) is 2.53. The number of rotatable bonds is 3. The van der Waals surface area contributed by atoms with Crippen molar-refractivity contribution in [2.45, 2.75) is 32.6 Å². The first-order valence-corrected chi connectivity index (χ1v) is 7.45. The van der Waals surface area contributed by atoms with Crippen LogP contribution < -0.4 is 5.32 Å². The lowest BCUT2D eigenvalue weighted by Gasteiger charge is -2.06. The molecule has 23 heavy (non-hydrogen) atoms. The van der Waals surface area contributed by atoms with Crippen LogP contribution in [0.4, 0.5) is 5.82 Å². The Labute approximate surface area is 132 Å². The Morgan fingerprint density at radius 2 is 2.00 bits per heavy atom. The van der Waals surface area contributed by atoms with Crippen molar-refractivity contribution in [1.82, 2.24) is 29.5 Å². The largest absolute Gasteiger partial charge is 0.302 e. The predicted molar refractivity (Wildman–Crippen MR) is 82.2 cm³/mol. The molecular weight excluding hydrogens is 294 g/mol. The SMILES string of the molecule is Cc1cc(C)n2nc(C(=O)Nc3nccnc3C3CC3)nc2n1. The van der Waals surface area contributed by atoms with Gasteiger partial charge in [-0.1, -0.05) is 0 Å². The molecule has 8 heteroatoms. The van der Waals surface area contributed by atoms with E-state index >= 15 is 0 Å². The van der Waals surface area contributed by atoms with Gasteiger partial charge in [0.15, 0.2) is 5.82 Å². The summed E-state index contributed by atoms with van der Waals surface area (Å²) in [5, 5.41) is 6.99. The number of carbonyl (C=O) groups excluding carboxylic acids is 1. The summed E-state index contributed by atoms with van der Waals surface area (Å²) < 4.78 is 1.56. The maximum absolute atomic E-state index is 12.4. The number of fused-ring (bicyclic) bond motifs is 1. The number of amides is 1. The van der Waals surface area contributed by atoms with E-state index in [9.17, 15) is 4.79 Å². The second-order valence-corrected chi connectivity index (χ2v) is 5.70. The van der Waals surface area contributed by atoms with E-state index in [1.807, 2.05) is 19.9 Å². The van der Waals surface area contributed by atoms with Crippen molar-refractivity contribution < 1.29 is 4.79 Å². The summed E-state index contributed by atoms with van der Waals surface area (Å²) in [6, 6.07) is 1.89. The molecule has 1 N–H and O–H groups in total. The zero-order valence-electron chi connectivity index (χ0n) is 12.8. The van der Waals surface area contributed by atoms with Gasteiger partial charge in [0.2, 0.25) is 5.82 Å². The van der Waals surface area contributed by atoms with Crippen molar-refractivity contribution in [2.24, 2.45) is 0 Å². The molecule has 0 saturated heterocycles. The first-order valence-electron chi connectivity index (χ1n) is 7.45. The minimum atomic E-state index is -0.407. The van der Waals surface area contributed by atoms with Gasteiger partial charge in [-0.15, -0.1) is 5.10 Å². The van der Waals surface area contributed by atoms with Crippen LogP contribution in [0.1, 0.15) is 46.5 Å². The van der Waals surface area contributed by atoms with Gasteiger partial charge >= 0.3 is 0 Å². The molecule has 0 bridgehead atoms. The molecule has 0 radical (unpaired) electrons. The highest BCUT2D eigenvalue weighted by Crippen LogP contribution is 2.41. The zero-order chi connectivity index (χ0) is 16.0. The van der Waals surface area contributed by atoms with Gasteiger partial charge in [0, 0.05) is 29.7 Å². The van der Waals surface area contributed by atoms with Crippen LogP contribution in [-0.4, -0.2) is 35.5 Å². The molecule has 1 fully saturated rings. The number of nitrogens with one attached hydrogen (secondary N) is 1. The summed E-state index contributed by atoms with van der Waals surface area (Å²) in [4.78, 5) is 29.5. The van der Waals surface area contributed by atoms with Crippen LogP contribution in [0.15, 0.2) is 18.5 Å². The summed E-state index contributed by atoms with van der Waals surface area (Å²) in [6.45, 7) is 3.77. The van der Waals surface area contributed by atoms with Gasteiger partial charge in [-0.05, 0) is 32.8 Å². The average molecular weight is 309 g/mol. The molecule has 0 aromatic carbocycles. The quantitative estimate of drug-likeness (QED) is 0.790. The highest BCUT2D eigenvalue weighted by Gasteiger charge is 2.29. The van der Waals surface area contributed by atoms with E-state index in [0.29, 0.717) is 17.5 Å². The molecule has 4 rings (SSSR count). The van der Waals surface area contributed by atoms with Crippen molar-refractivity contribution in [1.29, 1.82) is 0 Å². The molecule has 3 aromatic rings. The lowest BCUT2D eigenvalue weighted by molar-refractivity contribution is 0.101. The normalized spacial score (nSPS) is 14.2. The molecule has 3 heterocycles. The van der Waals surface area contributed by atoms with Crippen molar-refractivity contribution in [3.63, 3.8) is 0 Å². The maximum atomic E-state index is 12.4. The Kier molecular flexibility index (Phi) is 3.03. The molecule has 0 aliphatic heterocycles. The van der Waals surface area contributed by atoms with E-state index in [1.165, 1.54) is 0 Å². The summed E-state index contributed by atoms with van der Waals surface area (Å²) in [5.74, 6) is 0.946. The first-order chi connectivity index (χ1) is 11.1. The lowest BCUT2D eigenvalue weighted by atomic mass is 10.3. The van der Waals surface area contributed by atoms with Crippen LogP contribution >= 0.6 is 0 Å². The second-order valence-electron chi connectivity index (χ2n) is 5.70. The first kappa shape index (κ1) is 13.7. The monoisotopic (exact) mass is 309 g/mol. The van der Waals surface area contributed by atoms with Crippen molar-refractivity contribution >= 4 is 17.5 Å². The number of hydrogen-bond acceptors (Lipinski definition) is 6. The van der Waals surface area contributed by atoms with Crippen molar-refractivity contribution in [3.05, 3.63) is 41.4 Å². The molecule has 1 aliphatic carbocycles. The highest BCUT2D eigenvalue weighted by atomic mass is 16.2. The van der Waals surface area contributed by atoms with Gasteiger partial charge in [-0.2, -0.15) is 4.98 Å². The summed E-state index contributed by atoms with van der Waals surface area (Å²) in [7, 11) is 0. The smallest absolute Gasteiger partial charge is 0.296 e. The Bertz CT molecular complexity index is 913. The van der Waals surface area contributed by atoms with E-state index < -0.39 is 5.91 Å². The number of nitrogens with zero attached hydrogens (tertiary/aromatic N) is 6. The van der Waals surface area contributed by atoms with Crippen LogP contribution in [-0.2, 0) is 0 Å². The Morgan fingerprint density at radius 3 is 2.78 bits per heavy atom. The standard InChI is InChI=1S/C15H15N7O/c1-8-7-9(2)22-15(18-8)20-13(21-22)14(23)19-12-11(10-3-4-10)16-5-6-17-12/h5-7,10H,3-4H2,1-2H3,(H,17,19,23). The van der Waals surface area contributed by atoms with Crippen LogP contribution in [0.5, 0.6) is 0 Å². The third-order valence-electron chi connectivity index (χ3n) is 3.74. The molecule has 0 atom stereocenters. The fraction of sp³-hybridized carbons (Fsp3) is 0.333. The second kappa shape index (κ2) is 5.08. The average Bonchev–Trinajstić information content (AvgIpc) is 3.27. The Morgan fingerprint density at radius 1 is 1.22 bits per heavy atom. The van der Waals surface area contributed by atoms with Crippen LogP contribution in [0, 0.1) is 13.8 Å². The van der Waals surface area contributed by atoms with E-state index in [2.05, 4.69) is 30.4 Å². The molecule has 116 valence electrons. The molecule has 3 aromatic heterocycles. The highest BCUT2D eigenvalue weighted by molar-refractivity contribution is 6.01. The lowest BCUT2D eigenvalue weighted by Crippen LogP contribution is -2.16. The minimum Gasteiger partial charge on any atom is -0.302 e. The van der Waals surface area contributed by atoms with Crippen molar-refractivity contribution in [2.75, 3.05) is 5.32 Å². The molecule has 1 amide bonds. The van der Waals surface area contributed by atoms with Crippen LogP contribution in [0.2, 0.25) is 0 Å². The summed E-state index contributed by atoms with van der Waals surface area (Å²) >= 11 is 0. The van der Waals surface area contributed by atoms with Gasteiger partial charge in [0.1, 0.15) is 0 Å². The van der Waals surface area contributed by atoms with Gasteiger partial charge in [0.05, 0.1) is 5.69 Å². The van der Waals surface area contributed by atoms with Gasteiger partial charge in [-0.25, -0.2) is 14.5 Å². The maximum Gasteiger partial charge on any atom is 0.296 e. The zero-order valence-corrected chi connectivity index (χ0v) is 12.8. The molecule has 0 unspecified atom stereocenters. The number of aryl methyl sites for hydroxylation is 2. The van der Waals surface area contributed by atoms with Crippen LogP contribution in [0.3, 0.4) is 0 Å². The molecule has 8 nitrogen and oxygen atoms in total. The Balaban J connectivity index is 1.66. The Hall–Kier alpha value is -2.90. The molecule has 1 saturated carbocycles. The van der Waals surface area contributed by atoms with E-state index in [4.69, 9.17) is 0 Å². The summed E-state index contributed by atoms with van der Waals surface area (Å²) in [6.07, 6.45) is 5.36. The number of carbonyl (C=O) groups is 1. The van der Waals surface area contributed by atoms with Crippen LogP contribution in [0.25, 0.3) is 5.78 Å². The van der Waals surface area contributed by atoms with Gasteiger partial charge in [-0.3, -0.25) is 9.78 Å². The number of aromatic nitrogens is 6. The fourth-order valence-electron chi connectivity index (χ4n) is 2.53. The van der Waals surface area contributed by atoms with E-state index in [1.54, 1.807) is 16.9 Å². The van der Waals surface area contributed by atoms with Gasteiger partial charge < -0.3 is 5.32 Å². The van der Waals surface area contributed by atoms with E-state index in [0.717, 1.165) is 29.9 Å². The fourth-order valence-corrected chi connectivity index (χ4v) is 2.53. The minimum absolute atomic E-state index is 0.0681. The van der Waals surface area contributed by atoms with E-state index in [-0.39, 0.29) is 5.82 Å². The van der Waals surface area contributed by atoms with Crippen molar-refractivity contribution in [3.8, 4) is 0 Å². The molecule has 0 spiro atoms. The molecular formula is C15H15N7O. The predicted octanol–water partition coefficient (Wildman–Crippen LogP) is 1.66. The third kappa shape index (κ3) is 2.52. The number of anilines is 1. The van der Waals surface area contributed by atoms with Gasteiger partial charge in [0.25, 0.3) is 11.7 Å². The topological polar surface area (TPSA) is 98.0 Å². The number of hydrogen-bond donors (Lipinski definition) is 1.